The van der Waals surface area contributed by atoms with Gasteiger partial charge in [-0.15, -0.1) is 11.3 Å². The van der Waals surface area contributed by atoms with Gasteiger partial charge in [0.05, 0.1) is 6.61 Å². The van der Waals surface area contributed by atoms with Gasteiger partial charge in [0.15, 0.2) is 0 Å². The van der Waals surface area contributed by atoms with E-state index in [1.54, 1.807) is 0 Å². The third-order valence-electron chi connectivity index (χ3n) is 3.62. The molecular formula is C17H23NOS. The minimum Gasteiger partial charge on any atom is -0.392 e. The van der Waals surface area contributed by atoms with Crippen molar-refractivity contribution >= 4 is 11.3 Å². The average Bonchev–Trinajstić information content (AvgIpc) is 2.78. The van der Waals surface area contributed by atoms with Crippen molar-refractivity contribution in [2.45, 2.75) is 39.8 Å². The molecule has 108 valence electrons. The molecule has 0 bridgehead atoms. The third-order valence-corrected chi connectivity index (χ3v) is 4.60. The van der Waals surface area contributed by atoms with E-state index in [9.17, 15) is 0 Å². The Bertz CT molecular complexity index is 545. The summed E-state index contributed by atoms with van der Waals surface area (Å²) < 4.78 is 0. The van der Waals surface area contributed by atoms with Crippen LogP contribution in [-0.4, -0.2) is 11.7 Å². The van der Waals surface area contributed by atoms with Crippen molar-refractivity contribution < 1.29 is 5.11 Å². The predicted molar refractivity (Wildman–Crippen MR) is 86.3 cm³/mol. The van der Waals surface area contributed by atoms with Gasteiger partial charge >= 0.3 is 0 Å². The molecule has 2 nitrogen and oxygen atoms in total. The van der Waals surface area contributed by atoms with Gasteiger partial charge in [0, 0.05) is 15.8 Å². The summed E-state index contributed by atoms with van der Waals surface area (Å²) in [5, 5.41) is 12.6. The number of hydrogen-bond acceptors (Lipinski definition) is 3. The van der Waals surface area contributed by atoms with Crippen molar-refractivity contribution in [2.24, 2.45) is 0 Å². The molecule has 2 rings (SSSR count). The van der Waals surface area contributed by atoms with Gasteiger partial charge in [-0.05, 0) is 56.5 Å². The zero-order chi connectivity index (χ0) is 14.5. The number of aliphatic hydroxyl groups excluding tert-OH is 1. The molecule has 3 heteroatoms. The molecule has 2 N–H and O–H groups in total. The summed E-state index contributed by atoms with van der Waals surface area (Å²) in [4.78, 5) is 2.79. The largest absolute Gasteiger partial charge is 0.392 e. The normalized spacial score (nSPS) is 12.6. The maximum absolute atomic E-state index is 9.02. The van der Waals surface area contributed by atoms with Crippen LogP contribution in [0.1, 0.15) is 39.4 Å². The maximum atomic E-state index is 9.02. The number of benzene rings is 1. The minimum atomic E-state index is 0.117. The van der Waals surface area contributed by atoms with Crippen LogP contribution >= 0.6 is 11.3 Å². The highest BCUT2D eigenvalue weighted by molar-refractivity contribution is 7.12. The fourth-order valence-electron chi connectivity index (χ4n) is 2.43. The van der Waals surface area contributed by atoms with Crippen molar-refractivity contribution in [3.8, 4) is 0 Å². The van der Waals surface area contributed by atoms with Crippen LogP contribution < -0.4 is 5.32 Å². The number of rotatable bonds is 6. The number of hydrogen-bond donors (Lipinski definition) is 2. The van der Waals surface area contributed by atoms with Crippen molar-refractivity contribution in [1.82, 2.24) is 5.32 Å². The van der Waals surface area contributed by atoms with E-state index in [2.05, 4.69) is 44.3 Å². The maximum Gasteiger partial charge on any atom is 0.0681 e. The van der Waals surface area contributed by atoms with Crippen molar-refractivity contribution in [2.75, 3.05) is 6.54 Å². The fraction of sp³-hybridized carbons (Fsp3) is 0.412. The Morgan fingerprint density at radius 1 is 1.15 bits per heavy atom. The van der Waals surface area contributed by atoms with Crippen LogP contribution in [-0.2, 0) is 13.0 Å². The Morgan fingerprint density at radius 3 is 2.35 bits per heavy atom. The minimum absolute atomic E-state index is 0.117. The predicted octanol–water partition coefficient (Wildman–Crippen LogP) is 3.75. The molecule has 1 heterocycles. The Kier molecular flexibility index (Phi) is 5.35. The molecule has 0 radical (unpaired) electrons. The van der Waals surface area contributed by atoms with Crippen LogP contribution in [0, 0.1) is 13.8 Å². The first-order valence-corrected chi connectivity index (χ1v) is 7.91. The van der Waals surface area contributed by atoms with E-state index in [1.165, 1.54) is 20.9 Å². The molecule has 0 aliphatic carbocycles. The Labute approximate surface area is 125 Å². The molecule has 1 atom stereocenters. The van der Waals surface area contributed by atoms with E-state index in [-0.39, 0.29) is 6.61 Å². The number of nitrogens with one attached hydrogen (secondary N) is 1. The van der Waals surface area contributed by atoms with Gasteiger partial charge in [-0.3, -0.25) is 0 Å². The molecule has 20 heavy (non-hydrogen) atoms. The lowest BCUT2D eigenvalue weighted by atomic mass is 10.1. The van der Waals surface area contributed by atoms with Crippen LogP contribution in [0.5, 0.6) is 0 Å². The molecule has 0 saturated carbocycles. The van der Waals surface area contributed by atoms with E-state index in [4.69, 9.17) is 5.11 Å². The summed E-state index contributed by atoms with van der Waals surface area (Å²) in [6, 6.07) is 10.9. The second-order valence-electron chi connectivity index (χ2n) is 5.27. The van der Waals surface area contributed by atoms with Crippen molar-refractivity contribution in [3.05, 3.63) is 56.8 Å². The first-order valence-electron chi connectivity index (χ1n) is 7.09. The first-order chi connectivity index (χ1) is 9.60. The highest BCUT2D eigenvalue weighted by atomic mass is 32.1. The van der Waals surface area contributed by atoms with Crippen LogP contribution in [0.4, 0.5) is 0 Å². The van der Waals surface area contributed by atoms with Gasteiger partial charge in [0.25, 0.3) is 0 Å². The summed E-state index contributed by atoms with van der Waals surface area (Å²) in [6.07, 6.45) is 1.01. The molecule has 0 saturated heterocycles. The van der Waals surface area contributed by atoms with Gasteiger partial charge in [-0.2, -0.15) is 0 Å². The first kappa shape index (κ1) is 15.2. The van der Waals surface area contributed by atoms with Crippen LogP contribution in [0.2, 0.25) is 0 Å². The number of aliphatic hydroxyl groups is 1. The smallest absolute Gasteiger partial charge is 0.0681 e. The van der Waals surface area contributed by atoms with Gasteiger partial charge < -0.3 is 10.4 Å². The van der Waals surface area contributed by atoms with Gasteiger partial charge in [-0.1, -0.05) is 24.3 Å². The van der Waals surface area contributed by atoms with E-state index in [0.29, 0.717) is 6.04 Å². The van der Waals surface area contributed by atoms with Crippen LogP contribution in [0.25, 0.3) is 0 Å². The molecule has 1 aromatic heterocycles. The van der Waals surface area contributed by atoms with E-state index >= 15 is 0 Å². The zero-order valence-corrected chi connectivity index (χ0v) is 13.3. The second-order valence-corrected chi connectivity index (χ2v) is 6.73. The van der Waals surface area contributed by atoms with Crippen LogP contribution in [0.3, 0.4) is 0 Å². The SMILES string of the molecule is Cc1cc(C(C)NCCc2ccc(CO)cc2)c(C)s1. The standard InChI is InChI=1S/C17H23NOS/c1-12-10-17(14(3)20-12)13(2)18-9-8-15-4-6-16(11-19)7-5-15/h4-7,10,13,18-19H,8-9,11H2,1-3H3. The lowest BCUT2D eigenvalue weighted by Crippen LogP contribution is -2.21. The lowest BCUT2D eigenvalue weighted by Gasteiger charge is -2.14. The van der Waals surface area contributed by atoms with Gasteiger partial charge in [-0.25, -0.2) is 0 Å². The fourth-order valence-corrected chi connectivity index (χ4v) is 3.46. The molecular weight excluding hydrogens is 266 g/mol. The average molecular weight is 289 g/mol. The Hall–Kier alpha value is -1.16. The quantitative estimate of drug-likeness (QED) is 0.849. The van der Waals surface area contributed by atoms with E-state index < -0.39 is 0 Å². The molecule has 0 fully saturated rings. The van der Waals surface area contributed by atoms with Gasteiger partial charge in [0.1, 0.15) is 0 Å². The topological polar surface area (TPSA) is 32.3 Å². The van der Waals surface area contributed by atoms with Gasteiger partial charge in [0.2, 0.25) is 0 Å². The molecule has 2 aromatic rings. The lowest BCUT2D eigenvalue weighted by molar-refractivity contribution is 0.282. The summed E-state index contributed by atoms with van der Waals surface area (Å²) in [6.45, 7) is 7.67. The second kappa shape index (κ2) is 7.02. The number of aryl methyl sites for hydroxylation is 2. The molecule has 1 aromatic carbocycles. The molecule has 0 spiro atoms. The third kappa shape index (κ3) is 3.92. The monoisotopic (exact) mass is 289 g/mol. The molecule has 0 amide bonds. The summed E-state index contributed by atoms with van der Waals surface area (Å²) in [5.41, 5.74) is 3.70. The molecule has 0 aliphatic heterocycles. The Morgan fingerprint density at radius 2 is 1.80 bits per heavy atom. The van der Waals surface area contributed by atoms with Crippen molar-refractivity contribution in [3.63, 3.8) is 0 Å². The van der Waals surface area contributed by atoms with E-state index in [0.717, 1.165) is 18.5 Å². The molecule has 0 aliphatic rings. The zero-order valence-electron chi connectivity index (χ0n) is 12.4. The summed E-state index contributed by atoms with van der Waals surface area (Å²) >= 11 is 1.87. The highest BCUT2D eigenvalue weighted by Crippen LogP contribution is 2.25. The molecule has 1 unspecified atom stereocenters. The van der Waals surface area contributed by atoms with E-state index in [1.807, 2.05) is 23.5 Å². The van der Waals surface area contributed by atoms with Crippen LogP contribution in [0.15, 0.2) is 30.3 Å². The van der Waals surface area contributed by atoms with Crippen molar-refractivity contribution in [1.29, 1.82) is 0 Å². The highest BCUT2D eigenvalue weighted by Gasteiger charge is 2.10. The Balaban J connectivity index is 1.84. The number of thiophene rings is 1. The summed E-state index contributed by atoms with van der Waals surface area (Å²) in [5.74, 6) is 0. The summed E-state index contributed by atoms with van der Waals surface area (Å²) in [7, 11) is 0.